The molecule has 0 aliphatic carbocycles. The van der Waals surface area contributed by atoms with Crippen molar-refractivity contribution >= 4 is 18.9 Å². The summed E-state index contributed by atoms with van der Waals surface area (Å²) in [6.45, 7) is 7.33. The van der Waals surface area contributed by atoms with E-state index in [0.717, 1.165) is 6.54 Å². The Morgan fingerprint density at radius 3 is 2.25 bits per heavy atom. The molecule has 3 heteroatoms. The van der Waals surface area contributed by atoms with E-state index < -0.39 is 0 Å². The molecule has 0 unspecified atom stereocenters. The van der Waals surface area contributed by atoms with Crippen LogP contribution in [0.5, 0.6) is 0 Å². The molecule has 1 fully saturated rings. The van der Waals surface area contributed by atoms with Gasteiger partial charge in [-0.1, -0.05) is 6.42 Å². The SMILES string of the molecule is [CH2-]C=CCN1CCCCC1.[Li+].[Li]. The molecule has 59 valence electrons. The van der Waals surface area contributed by atoms with Gasteiger partial charge in [0.05, 0.1) is 0 Å². The zero-order chi connectivity index (χ0) is 7.23. The maximum atomic E-state index is 3.66. The summed E-state index contributed by atoms with van der Waals surface area (Å²) in [5, 5.41) is 0. The summed E-state index contributed by atoms with van der Waals surface area (Å²) >= 11 is 0. The van der Waals surface area contributed by atoms with Gasteiger partial charge in [0.15, 0.2) is 0 Å². The van der Waals surface area contributed by atoms with Crippen molar-refractivity contribution < 1.29 is 18.9 Å². The molecule has 0 aromatic rings. The normalized spacial score (nSPS) is 18.3. The van der Waals surface area contributed by atoms with E-state index >= 15 is 0 Å². The average Bonchev–Trinajstić information content (AvgIpc) is 2.03. The second kappa shape index (κ2) is 9.85. The van der Waals surface area contributed by atoms with Crippen LogP contribution in [0.15, 0.2) is 12.2 Å². The molecule has 1 heterocycles. The fraction of sp³-hybridized carbons (Fsp3) is 0.667. The molecule has 0 bridgehead atoms. The largest absolute Gasteiger partial charge is 1.00 e. The number of hydrogen-bond donors (Lipinski definition) is 0. The summed E-state index contributed by atoms with van der Waals surface area (Å²) in [4.78, 5) is 2.48. The Hall–Kier alpha value is 0.765. The minimum atomic E-state index is 0. The van der Waals surface area contributed by atoms with Gasteiger partial charge in [0.2, 0.25) is 0 Å². The Morgan fingerprint density at radius 2 is 1.75 bits per heavy atom. The molecule has 0 atom stereocenters. The molecule has 1 nitrogen and oxygen atoms in total. The molecule has 1 saturated heterocycles. The van der Waals surface area contributed by atoms with Crippen LogP contribution in [0.1, 0.15) is 19.3 Å². The quantitative estimate of drug-likeness (QED) is 0.343. The number of nitrogens with zero attached hydrogens (tertiary/aromatic N) is 1. The van der Waals surface area contributed by atoms with E-state index in [2.05, 4.69) is 17.9 Å². The molecular weight excluding hydrogens is 136 g/mol. The van der Waals surface area contributed by atoms with Crippen molar-refractivity contribution in [3.63, 3.8) is 0 Å². The summed E-state index contributed by atoms with van der Waals surface area (Å²) in [5.41, 5.74) is 0. The molecule has 1 rings (SSSR count). The molecule has 0 N–H and O–H groups in total. The maximum Gasteiger partial charge on any atom is 1.00 e. The topological polar surface area (TPSA) is 3.24 Å². The van der Waals surface area contributed by atoms with Crippen molar-refractivity contribution in [2.45, 2.75) is 19.3 Å². The monoisotopic (exact) mass is 152 g/mol. The Labute approximate surface area is 100 Å². The number of allylic oxidation sites excluding steroid dienone is 1. The smallest absolute Gasteiger partial charge is 0.316 e. The van der Waals surface area contributed by atoms with Crippen LogP contribution in [0.3, 0.4) is 0 Å². The van der Waals surface area contributed by atoms with Gasteiger partial charge in [0.1, 0.15) is 0 Å². The Balaban J connectivity index is 0. The van der Waals surface area contributed by atoms with Gasteiger partial charge in [0.25, 0.3) is 0 Å². The van der Waals surface area contributed by atoms with Crippen LogP contribution < -0.4 is 18.9 Å². The van der Waals surface area contributed by atoms with Gasteiger partial charge in [-0.2, -0.15) is 0 Å². The number of hydrogen-bond acceptors (Lipinski definition) is 1. The molecule has 0 aromatic carbocycles. The van der Waals surface area contributed by atoms with Gasteiger partial charge >= 0.3 is 18.9 Å². The summed E-state index contributed by atoms with van der Waals surface area (Å²) in [6.07, 6.45) is 8.19. The van der Waals surface area contributed by atoms with E-state index in [1.165, 1.54) is 32.4 Å². The molecule has 12 heavy (non-hydrogen) atoms. The van der Waals surface area contributed by atoms with E-state index in [0.29, 0.717) is 0 Å². The maximum absolute atomic E-state index is 3.66. The Bertz CT molecular complexity index is 109. The zero-order valence-electron chi connectivity index (χ0n) is 8.55. The predicted molar refractivity (Wildman–Crippen MR) is 50.5 cm³/mol. The van der Waals surface area contributed by atoms with Crippen LogP contribution in [0, 0.1) is 6.92 Å². The van der Waals surface area contributed by atoms with Crippen LogP contribution in [-0.4, -0.2) is 43.4 Å². The van der Waals surface area contributed by atoms with Gasteiger partial charge in [-0.05, 0) is 32.5 Å². The molecular formula is C9H16Li2N. The standard InChI is InChI=1S/C9H16N.2Li/c1-2-3-7-10-8-5-4-6-9-10;;/h2-3H,1,4-9H2;;/q-1;;+1. The van der Waals surface area contributed by atoms with Crippen LogP contribution in [0.4, 0.5) is 0 Å². The molecule has 0 spiro atoms. The van der Waals surface area contributed by atoms with Gasteiger partial charge in [0, 0.05) is 18.9 Å². The average molecular weight is 152 g/mol. The molecule has 0 saturated carbocycles. The van der Waals surface area contributed by atoms with E-state index in [1.807, 2.05) is 6.08 Å². The summed E-state index contributed by atoms with van der Waals surface area (Å²) in [6, 6.07) is 0. The van der Waals surface area contributed by atoms with E-state index in [4.69, 9.17) is 0 Å². The van der Waals surface area contributed by atoms with Gasteiger partial charge in [-0.3, -0.25) is 0 Å². The third kappa shape index (κ3) is 6.30. The summed E-state index contributed by atoms with van der Waals surface area (Å²) in [7, 11) is 0. The molecule has 1 aliphatic rings. The Morgan fingerprint density at radius 1 is 1.17 bits per heavy atom. The first-order chi connectivity index (χ1) is 4.93. The minimum Gasteiger partial charge on any atom is -0.316 e. The van der Waals surface area contributed by atoms with Crippen molar-refractivity contribution in [2.24, 2.45) is 0 Å². The molecule has 1 radical (unpaired) electrons. The summed E-state index contributed by atoms with van der Waals surface area (Å²) in [5.74, 6) is 0. The van der Waals surface area contributed by atoms with Crippen molar-refractivity contribution in [2.75, 3.05) is 19.6 Å². The second-order valence-corrected chi connectivity index (χ2v) is 2.83. The number of likely N-dealkylation sites (tertiary alicyclic amines) is 1. The number of piperidine rings is 1. The van der Waals surface area contributed by atoms with Crippen molar-refractivity contribution in [1.82, 2.24) is 4.90 Å². The fourth-order valence-corrected chi connectivity index (χ4v) is 1.37. The second-order valence-electron chi connectivity index (χ2n) is 2.83. The van der Waals surface area contributed by atoms with Gasteiger partial charge in [-0.15, -0.1) is 0 Å². The van der Waals surface area contributed by atoms with Crippen molar-refractivity contribution in [1.29, 1.82) is 0 Å². The van der Waals surface area contributed by atoms with Crippen molar-refractivity contribution in [3.8, 4) is 0 Å². The molecule has 0 amide bonds. The zero-order valence-corrected chi connectivity index (χ0v) is 8.55. The first kappa shape index (κ1) is 15.2. The third-order valence-electron chi connectivity index (χ3n) is 1.98. The number of rotatable bonds is 2. The van der Waals surface area contributed by atoms with Crippen LogP contribution in [0.2, 0.25) is 0 Å². The van der Waals surface area contributed by atoms with E-state index in [1.54, 1.807) is 0 Å². The fourth-order valence-electron chi connectivity index (χ4n) is 1.37. The van der Waals surface area contributed by atoms with Crippen LogP contribution in [-0.2, 0) is 0 Å². The van der Waals surface area contributed by atoms with Crippen LogP contribution in [0.25, 0.3) is 0 Å². The van der Waals surface area contributed by atoms with Crippen LogP contribution >= 0.6 is 0 Å². The van der Waals surface area contributed by atoms with Gasteiger partial charge < -0.3 is 4.90 Å². The minimum absolute atomic E-state index is 0. The third-order valence-corrected chi connectivity index (χ3v) is 1.98. The predicted octanol–water partition coefficient (Wildman–Crippen LogP) is -1.51. The van der Waals surface area contributed by atoms with E-state index in [9.17, 15) is 0 Å². The molecule has 1 aliphatic heterocycles. The summed E-state index contributed by atoms with van der Waals surface area (Å²) < 4.78 is 0. The molecule has 0 aromatic heterocycles. The van der Waals surface area contributed by atoms with Crippen molar-refractivity contribution in [3.05, 3.63) is 19.1 Å². The van der Waals surface area contributed by atoms with Gasteiger partial charge in [-0.25, -0.2) is 19.1 Å². The first-order valence-electron chi connectivity index (χ1n) is 4.10. The van der Waals surface area contributed by atoms with E-state index in [-0.39, 0.29) is 37.7 Å². The Kier molecular flexibility index (Phi) is 12.5. The first-order valence-corrected chi connectivity index (χ1v) is 4.10.